The second-order valence-corrected chi connectivity index (χ2v) is 1.80. The summed E-state index contributed by atoms with van der Waals surface area (Å²) in [5.41, 5.74) is 0. The first-order chi connectivity index (χ1) is 2.27. The summed E-state index contributed by atoms with van der Waals surface area (Å²) in [4.78, 5) is 0. The zero-order valence-electron chi connectivity index (χ0n) is 4.59. The maximum Gasteiger partial charge on any atom is 0 e. The van der Waals surface area contributed by atoms with Crippen LogP contribution in [0.4, 0.5) is 0 Å². The van der Waals surface area contributed by atoms with Gasteiger partial charge in [-0.2, -0.15) is 0 Å². The molecule has 43 valence electrons. The third kappa shape index (κ3) is 8.82. The molecule has 0 fully saturated rings. The van der Waals surface area contributed by atoms with Crippen LogP contribution < -0.4 is 0 Å². The zero-order chi connectivity index (χ0) is 4.28. The van der Waals surface area contributed by atoms with Crippen LogP contribution in [0.1, 0.15) is 27.2 Å². The summed E-state index contributed by atoms with van der Waals surface area (Å²) in [5.74, 6) is 0.884. The Morgan fingerprint density at radius 3 is 1.50 bits per heavy atom. The van der Waals surface area contributed by atoms with Crippen molar-refractivity contribution in [1.82, 2.24) is 0 Å². The van der Waals surface area contributed by atoms with E-state index in [2.05, 4.69) is 20.8 Å². The van der Waals surface area contributed by atoms with Gasteiger partial charge in [-0.05, 0) is 5.92 Å². The van der Waals surface area contributed by atoms with Crippen molar-refractivity contribution in [3.63, 3.8) is 0 Å². The van der Waals surface area contributed by atoms with Crippen molar-refractivity contribution in [2.45, 2.75) is 27.2 Å². The standard InChI is InChI=1S/C5H12.Cu/c1-4-5(2)3;/h5H,4H2,1-3H3;. The van der Waals surface area contributed by atoms with Crippen LogP contribution in [0.3, 0.4) is 0 Å². The maximum absolute atomic E-state index is 2.22. The van der Waals surface area contributed by atoms with Gasteiger partial charge in [0, 0.05) is 17.1 Å². The van der Waals surface area contributed by atoms with Crippen LogP contribution in [0.25, 0.3) is 0 Å². The molecule has 0 unspecified atom stereocenters. The second kappa shape index (κ2) is 5.52. The smallest absolute Gasteiger partial charge is 0 e. The van der Waals surface area contributed by atoms with E-state index >= 15 is 0 Å². The van der Waals surface area contributed by atoms with Gasteiger partial charge >= 0.3 is 0 Å². The van der Waals surface area contributed by atoms with Gasteiger partial charge in [0.2, 0.25) is 0 Å². The molecule has 0 aliphatic carbocycles. The Labute approximate surface area is 50.8 Å². The van der Waals surface area contributed by atoms with Gasteiger partial charge < -0.3 is 0 Å². The Balaban J connectivity index is 0. The minimum Gasteiger partial charge on any atom is -0.0651 e. The van der Waals surface area contributed by atoms with Crippen molar-refractivity contribution in [2.75, 3.05) is 0 Å². The summed E-state index contributed by atoms with van der Waals surface area (Å²) in [5, 5.41) is 0. The topological polar surface area (TPSA) is 0 Å². The fourth-order valence-electron chi connectivity index (χ4n) is 0. The SMILES string of the molecule is CCC(C)C.[Cu]. The average molecular weight is 136 g/mol. The van der Waals surface area contributed by atoms with Crippen LogP contribution in [0.5, 0.6) is 0 Å². The molecular weight excluding hydrogens is 124 g/mol. The minimum absolute atomic E-state index is 0. The van der Waals surface area contributed by atoms with Gasteiger partial charge in [-0.3, -0.25) is 0 Å². The Morgan fingerprint density at radius 2 is 1.50 bits per heavy atom. The first kappa shape index (κ1) is 9.72. The van der Waals surface area contributed by atoms with Crippen molar-refractivity contribution in [1.29, 1.82) is 0 Å². The molecule has 0 spiro atoms. The van der Waals surface area contributed by atoms with E-state index in [9.17, 15) is 0 Å². The van der Waals surface area contributed by atoms with E-state index in [1.807, 2.05) is 0 Å². The average Bonchev–Trinajstić information content (AvgIpc) is 1.38. The van der Waals surface area contributed by atoms with E-state index in [0.717, 1.165) is 5.92 Å². The monoisotopic (exact) mass is 135 g/mol. The largest absolute Gasteiger partial charge is 0.0651 e. The van der Waals surface area contributed by atoms with Crippen molar-refractivity contribution >= 4 is 0 Å². The summed E-state index contributed by atoms with van der Waals surface area (Å²) in [6, 6.07) is 0. The summed E-state index contributed by atoms with van der Waals surface area (Å²) in [6.45, 7) is 6.64. The third-order valence-corrected chi connectivity index (χ3v) is 0.816. The van der Waals surface area contributed by atoms with Crippen LogP contribution >= 0.6 is 0 Å². The van der Waals surface area contributed by atoms with Crippen molar-refractivity contribution in [2.24, 2.45) is 5.92 Å². The first-order valence-corrected chi connectivity index (χ1v) is 2.27. The summed E-state index contributed by atoms with van der Waals surface area (Å²) < 4.78 is 0. The molecular formula is C5H12Cu. The van der Waals surface area contributed by atoms with Gasteiger partial charge in [-0.15, -0.1) is 0 Å². The van der Waals surface area contributed by atoms with Gasteiger partial charge in [0.25, 0.3) is 0 Å². The molecule has 0 amide bonds. The molecule has 0 bridgehead atoms. The van der Waals surface area contributed by atoms with E-state index in [0.29, 0.717) is 0 Å². The van der Waals surface area contributed by atoms with Crippen molar-refractivity contribution in [3.8, 4) is 0 Å². The molecule has 1 radical (unpaired) electrons. The van der Waals surface area contributed by atoms with Gasteiger partial charge in [0.15, 0.2) is 0 Å². The normalized spacial score (nSPS) is 8.00. The van der Waals surface area contributed by atoms with Gasteiger partial charge in [-0.1, -0.05) is 27.2 Å². The fourth-order valence-corrected chi connectivity index (χ4v) is 0. The molecule has 0 aromatic rings. The van der Waals surface area contributed by atoms with Crippen LogP contribution in [0.15, 0.2) is 0 Å². The molecule has 0 rings (SSSR count). The van der Waals surface area contributed by atoms with Gasteiger partial charge in [0.05, 0.1) is 0 Å². The van der Waals surface area contributed by atoms with E-state index in [1.165, 1.54) is 6.42 Å². The summed E-state index contributed by atoms with van der Waals surface area (Å²) >= 11 is 0. The molecule has 0 aliphatic rings. The molecule has 0 atom stereocenters. The van der Waals surface area contributed by atoms with E-state index in [-0.39, 0.29) is 17.1 Å². The number of hydrogen-bond donors (Lipinski definition) is 0. The Hall–Kier alpha value is 0.519. The molecule has 0 aromatic carbocycles. The van der Waals surface area contributed by atoms with Gasteiger partial charge in [-0.25, -0.2) is 0 Å². The first-order valence-electron chi connectivity index (χ1n) is 2.27. The fraction of sp³-hybridized carbons (Fsp3) is 1.00. The molecule has 0 aliphatic heterocycles. The van der Waals surface area contributed by atoms with Crippen LogP contribution in [-0.4, -0.2) is 0 Å². The predicted octanol–water partition coefficient (Wildman–Crippen LogP) is 2.05. The zero-order valence-corrected chi connectivity index (χ0v) is 5.53. The molecule has 1 heteroatoms. The van der Waals surface area contributed by atoms with E-state index < -0.39 is 0 Å². The van der Waals surface area contributed by atoms with Crippen LogP contribution in [0.2, 0.25) is 0 Å². The van der Waals surface area contributed by atoms with Crippen molar-refractivity contribution < 1.29 is 17.1 Å². The minimum atomic E-state index is 0. The van der Waals surface area contributed by atoms with Crippen LogP contribution in [-0.2, 0) is 17.1 Å². The Bertz CT molecular complexity index is 17.9. The molecule has 0 nitrogen and oxygen atoms in total. The molecule has 0 aromatic heterocycles. The molecule has 6 heavy (non-hydrogen) atoms. The quantitative estimate of drug-likeness (QED) is 0.483. The van der Waals surface area contributed by atoms with Crippen molar-refractivity contribution in [3.05, 3.63) is 0 Å². The summed E-state index contributed by atoms with van der Waals surface area (Å²) in [6.07, 6.45) is 1.31. The Kier molecular flexibility index (Phi) is 8.94. The van der Waals surface area contributed by atoms with Crippen LogP contribution in [0, 0.1) is 5.92 Å². The second-order valence-electron chi connectivity index (χ2n) is 1.80. The molecule has 0 saturated carbocycles. The predicted molar refractivity (Wildman–Crippen MR) is 25.1 cm³/mol. The third-order valence-electron chi connectivity index (χ3n) is 0.816. The summed E-state index contributed by atoms with van der Waals surface area (Å²) in [7, 11) is 0. The molecule has 0 saturated heterocycles. The number of rotatable bonds is 1. The number of hydrogen-bond acceptors (Lipinski definition) is 0. The maximum atomic E-state index is 2.22. The van der Waals surface area contributed by atoms with Gasteiger partial charge in [0.1, 0.15) is 0 Å². The molecule has 0 N–H and O–H groups in total. The van der Waals surface area contributed by atoms with E-state index in [1.54, 1.807) is 0 Å². The van der Waals surface area contributed by atoms with E-state index in [4.69, 9.17) is 0 Å². The molecule has 0 heterocycles. The Morgan fingerprint density at radius 1 is 1.33 bits per heavy atom.